The number of aryl methyl sites for hydroxylation is 1. The molecule has 2 aromatic rings. The maximum absolute atomic E-state index is 13.6. The Kier molecular flexibility index (Phi) is 5.29. The number of alkyl halides is 3. The monoisotopic (exact) mass is 382 g/mol. The zero-order chi connectivity index (χ0) is 19.6. The second-order valence-corrected chi connectivity index (χ2v) is 6.46. The van der Waals surface area contributed by atoms with E-state index in [2.05, 4.69) is 15.3 Å². The molecule has 0 saturated carbocycles. The average Bonchev–Trinajstić information content (AvgIpc) is 2.64. The molecule has 0 radical (unpaired) electrons. The van der Waals surface area contributed by atoms with Crippen LogP contribution in [0.1, 0.15) is 34.5 Å². The highest BCUT2D eigenvalue weighted by molar-refractivity contribution is 5.94. The summed E-state index contributed by atoms with van der Waals surface area (Å²) in [6.45, 7) is 2.51. The normalized spacial score (nSPS) is 15.7. The summed E-state index contributed by atoms with van der Waals surface area (Å²) in [6.07, 6.45) is -2.53. The predicted octanol–water partition coefficient (Wildman–Crippen LogP) is 3.34. The number of rotatable bonds is 3. The largest absolute Gasteiger partial charge is 0.433 e. The van der Waals surface area contributed by atoms with E-state index in [1.165, 1.54) is 6.07 Å². The molecule has 2 heterocycles. The van der Waals surface area contributed by atoms with Crippen molar-refractivity contribution in [3.05, 3.63) is 53.2 Å². The molecule has 9 heteroatoms. The number of anilines is 1. The molecule has 0 bridgehead atoms. The quantitative estimate of drug-likeness (QED) is 0.828. The maximum Gasteiger partial charge on any atom is 0.433 e. The van der Waals surface area contributed by atoms with E-state index in [-0.39, 0.29) is 23.3 Å². The van der Waals surface area contributed by atoms with Crippen molar-refractivity contribution < 1.29 is 22.4 Å². The lowest BCUT2D eigenvalue weighted by Crippen LogP contribution is -2.45. The summed E-state index contributed by atoms with van der Waals surface area (Å²) in [5.74, 6) is -0.599. The van der Waals surface area contributed by atoms with E-state index in [0.717, 1.165) is 12.4 Å². The number of hydrogen-bond acceptors (Lipinski definition) is 4. The van der Waals surface area contributed by atoms with Crippen LogP contribution < -0.4 is 10.2 Å². The lowest BCUT2D eigenvalue weighted by molar-refractivity contribution is -0.141. The van der Waals surface area contributed by atoms with Crippen molar-refractivity contribution in [1.82, 2.24) is 15.3 Å². The smallest absolute Gasteiger partial charge is 0.356 e. The lowest BCUT2D eigenvalue weighted by Gasteiger charge is -2.33. The van der Waals surface area contributed by atoms with Gasteiger partial charge in [0, 0.05) is 30.8 Å². The number of nitrogens with one attached hydrogen (secondary N) is 1. The number of nitrogens with zero attached hydrogens (tertiary/aromatic N) is 3. The van der Waals surface area contributed by atoms with Gasteiger partial charge in [-0.15, -0.1) is 0 Å². The molecule has 1 aromatic heterocycles. The fourth-order valence-corrected chi connectivity index (χ4v) is 2.93. The van der Waals surface area contributed by atoms with Gasteiger partial charge in [0.25, 0.3) is 5.91 Å². The maximum atomic E-state index is 13.6. The number of piperidine rings is 1. The zero-order valence-corrected chi connectivity index (χ0v) is 14.6. The molecule has 5 nitrogen and oxygen atoms in total. The molecule has 144 valence electrons. The second kappa shape index (κ2) is 7.50. The van der Waals surface area contributed by atoms with Gasteiger partial charge in [-0.1, -0.05) is 6.07 Å². The number of halogens is 4. The Morgan fingerprint density at radius 3 is 2.52 bits per heavy atom. The van der Waals surface area contributed by atoms with Gasteiger partial charge in [0.15, 0.2) is 0 Å². The molecule has 27 heavy (non-hydrogen) atoms. The number of aromatic nitrogens is 2. The first-order valence-corrected chi connectivity index (χ1v) is 8.45. The molecule has 0 unspecified atom stereocenters. The van der Waals surface area contributed by atoms with Crippen LogP contribution in [0, 0.1) is 12.7 Å². The summed E-state index contributed by atoms with van der Waals surface area (Å²) in [7, 11) is 0. The predicted molar refractivity (Wildman–Crippen MR) is 90.9 cm³/mol. The van der Waals surface area contributed by atoms with Crippen LogP contribution in [0.25, 0.3) is 0 Å². The molecular weight excluding hydrogens is 364 g/mol. The fraction of sp³-hybridized carbons (Fsp3) is 0.389. The molecule has 0 atom stereocenters. The number of amides is 1. The number of carbonyl (C=O) groups is 1. The van der Waals surface area contributed by atoms with Crippen molar-refractivity contribution in [2.75, 3.05) is 18.0 Å². The van der Waals surface area contributed by atoms with Crippen LogP contribution in [0.2, 0.25) is 0 Å². The Hall–Kier alpha value is -2.71. The zero-order valence-electron chi connectivity index (χ0n) is 14.6. The van der Waals surface area contributed by atoms with Crippen molar-refractivity contribution in [2.45, 2.75) is 32.0 Å². The van der Waals surface area contributed by atoms with Crippen molar-refractivity contribution in [1.29, 1.82) is 0 Å². The molecule has 1 aliphatic heterocycles. The first-order valence-electron chi connectivity index (χ1n) is 8.45. The van der Waals surface area contributed by atoms with E-state index < -0.39 is 17.7 Å². The number of benzene rings is 1. The summed E-state index contributed by atoms with van der Waals surface area (Å²) >= 11 is 0. The molecular formula is C18H18F4N4O. The fourth-order valence-electron chi connectivity index (χ4n) is 2.93. The Bertz CT molecular complexity index is 832. The van der Waals surface area contributed by atoms with E-state index >= 15 is 0 Å². The van der Waals surface area contributed by atoms with E-state index in [0.29, 0.717) is 31.5 Å². The topological polar surface area (TPSA) is 58.1 Å². The summed E-state index contributed by atoms with van der Waals surface area (Å²) in [5.41, 5.74) is -0.279. The third-order valence-electron chi connectivity index (χ3n) is 4.53. The van der Waals surface area contributed by atoms with Crippen molar-refractivity contribution >= 4 is 11.7 Å². The van der Waals surface area contributed by atoms with Gasteiger partial charge in [-0.25, -0.2) is 14.4 Å². The first kappa shape index (κ1) is 19.1. The van der Waals surface area contributed by atoms with Crippen LogP contribution in [-0.2, 0) is 6.18 Å². The second-order valence-electron chi connectivity index (χ2n) is 6.46. The highest BCUT2D eigenvalue weighted by atomic mass is 19.4. The van der Waals surface area contributed by atoms with Crippen LogP contribution >= 0.6 is 0 Å². The molecule has 1 aromatic carbocycles. The minimum atomic E-state index is -4.52. The molecule has 0 spiro atoms. The highest BCUT2D eigenvalue weighted by Gasteiger charge is 2.33. The Balaban J connectivity index is 1.59. The van der Waals surface area contributed by atoms with E-state index in [9.17, 15) is 22.4 Å². The molecule has 1 saturated heterocycles. The van der Waals surface area contributed by atoms with Crippen LogP contribution in [-0.4, -0.2) is 35.0 Å². The van der Waals surface area contributed by atoms with Gasteiger partial charge in [0.2, 0.25) is 0 Å². The van der Waals surface area contributed by atoms with E-state index in [1.807, 2.05) is 0 Å². The third-order valence-corrected chi connectivity index (χ3v) is 4.53. The molecule has 1 N–H and O–H groups in total. The molecule has 1 aliphatic rings. The van der Waals surface area contributed by atoms with Crippen LogP contribution in [0.4, 0.5) is 23.4 Å². The standard InChI is InChI=1S/C18H18F4N4O/c1-11-2-3-12(8-14(11)19)17(27)25-13-4-6-26(7-5-13)16-9-15(18(20,21)22)23-10-24-16/h2-3,8-10,13H,4-7H2,1H3,(H,25,27). The van der Waals surface area contributed by atoms with Crippen LogP contribution in [0.15, 0.2) is 30.6 Å². The molecule has 1 amide bonds. The van der Waals surface area contributed by atoms with Crippen molar-refractivity contribution in [3.8, 4) is 0 Å². The van der Waals surface area contributed by atoms with Crippen molar-refractivity contribution in [2.24, 2.45) is 0 Å². The van der Waals surface area contributed by atoms with Gasteiger partial charge in [0.05, 0.1) is 0 Å². The Morgan fingerprint density at radius 2 is 1.89 bits per heavy atom. The van der Waals surface area contributed by atoms with E-state index in [4.69, 9.17) is 0 Å². The Morgan fingerprint density at radius 1 is 1.19 bits per heavy atom. The minimum Gasteiger partial charge on any atom is -0.356 e. The van der Waals surface area contributed by atoms with Gasteiger partial charge in [-0.3, -0.25) is 4.79 Å². The summed E-state index contributed by atoms with van der Waals surface area (Å²) in [5, 5.41) is 2.84. The van der Waals surface area contributed by atoms with Crippen LogP contribution in [0.3, 0.4) is 0 Å². The highest BCUT2D eigenvalue weighted by Crippen LogP contribution is 2.29. The van der Waals surface area contributed by atoms with Crippen LogP contribution in [0.5, 0.6) is 0 Å². The summed E-state index contributed by atoms with van der Waals surface area (Å²) in [6, 6.07) is 5.08. The van der Waals surface area contributed by atoms with Gasteiger partial charge in [-0.05, 0) is 37.5 Å². The van der Waals surface area contributed by atoms with Crippen molar-refractivity contribution in [3.63, 3.8) is 0 Å². The SMILES string of the molecule is Cc1ccc(C(=O)NC2CCN(c3cc(C(F)(F)F)ncn3)CC2)cc1F. The Labute approximate surface area is 153 Å². The lowest BCUT2D eigenvalue weighted by atomic mass is 10.0. The van der Waals surface area contributed by atoms with Gasteiger partial charge in [0.1, 0.15) is 23.7 Å². The first-order chi connectivity index (χ1) is 12.7. The van der Waals surface area contributed by atoms with Gasteiger partial charge in [-0.2, -0.15) is 13.2 Å². The van der Waals surface area contributed by atoms with Gasteiger partial charge < -0.3 is 10.2 Å². The average molecular weight is 382 g/mol. The minimum absolute atomic E-state index is 0.137. The molecule has 3 rings (SSSR count). The summed E-state index contributed by atoms with van der Waals surface area (Å²) < 4.78 is 51.9. The van der Waals surface area contributed by atoms with Gasteiger partial charge >= 0.3 is 6.18 Å². The number of carbonyl (C=O) groups excluding carboxylic acids is 1. The van der Waals surface area contributed by atoms with E-state index in [1.54, 1.807) is 24.0 Å². The summed E-state index contributed by atoms with van der Waals surface area (Å²) in [4.78, 5) is 21.1. The number of hydrogen-bond donors (Lipinski definition) is 1. The molecule has 0 aliphatic carbocycles. The third kappa shape index (κ3) is 4.53. The molecule has 1 fully saturated rings.